The fourth-order valence-electron chi connectivity index (χ4n) is 3.83. The highest BCUT2D eigenvalue weighted by Gasteiger charge is 2.26. The molecule has 3 aromatic rings. The molecule has 0 bridgehead atoms. The van der Waals surface area contributed by atoms with Crippen LogP contribution in [0.2, 0.25) is 0 Å². The number of rotatable bonds is 7. The molecule has 0 atom stereocenters. The molecule has 0 unspecified atom stereocenters. The van der Waals surface area contributed by atoms with Crippen molar-refractivity contribution in [3.8, 4) is 0 Å². The van der Waals surface area contributed by atoms with Gasteiger partial charge in [-0.15, -0.1) is 0 Å². The van der Waals surface area contributed by atoms with Gasteiger partial charge >= 0.3 is 0 Å². The summed E-state index contributed by atoms with van der Waals surface area (Å²) in [5, 5.41) is 12.4. The summed E-state index contributed by atoms with van der Waals surface area (Å²) in [6, 6.07) is 21.9. The minimum absolute atomic E-state index is 0.0453. The Balaban J connectivity index is 1.36. The van der Waals surface area contributed by atoms with Gasteiger partial charge in [0.1, 0.15) is 5.69 Å². The van der Waals surface area contributed by atoms with E-state index in [0.717, 1.165) is 11.0 Å². The number of anilines is 2. The van der Waals surface area contributed by atoms with Crippen molar-refractivity contribution in [2.24, 2.45) is 0 Å². The molecule has 1 heterocycles. The molecule has 10 heteroatoms. The van der Waals surface area contributed by atoms with Gasteiger partial charge in [-0.25, -0.2) is 8.42 Å². The first-order chi connectivity index (χ1) is 16.8. The fourth-order valence-corrected chi connectivity index (χ4v) is 4.70. The monoisotopic (exact) mass is 492 g/mol. The lowest BCUT2D eigenvalue weighted by atomic mass is 10.1. The summed E-state index contributed by atoms with van der Waals surface area (Å²) in [5.74, 6) is -0.175. The van der Waals surface area contributed by atoms with Crippen LogP contribution in [0.3, 0.4) is 0 Å². The Morgan fingerprint density at radius 3 is 2.17 bits per heavy atom. The van der Waals surface area contributed by atoms with E-state index in [1.54, 1.807) is 59.5 Å². The molecule has 1 N–H and O–H groups in total. The summed E-state index contributed by atoms with van der Waals surface area (Å²) in [6.07, 6.45) is 1.50. The fraction of sp³-hybridized carbons (Fsp3) is 0.160. The Labute approximate surface area is 203 Å². The van der Waals surface area contributed by atoms with Crippen molar-refractivity contribution in [1.29, 1.82) is 0 Å². The molecule has 1 fully saturated rings. The van der Waals surface area contributed by atoms with Gasteiger partial charge in [0.15, 0.2) is 0 Å². The maximum Gasteiger partial charge on any atom is 0.292 e. The predicted octanol–water partition coefficient (Wildman–Crippen LogP) is 3.97. The molecule has 0 saturated carbocycles. The molecule has 1 saturated heterocycles. The van der Waals surface area contributed by atoms with E-state index >= 15 is 0 Å². The third kappa shape index (κ3) is 6.04. The number of carbonyl (C=O) groups excluding carboxylic acids is 1. The molecule has 3 aromatic carbocycles. The van der Waals surface area contributed by atoms with Crippen LogP contribution in [0.1, 0.15) is 15.9 Å². The van der Waals surface area contributed by atoms with E-state index in [2.05, 4.69) is 4.72 Å². The summed E-state index contributed by atoms with van der Waals surface area (Å²) < 4.78 is 27.1. The maximum atomic E-state index is 12.9. The van der Waals surface area contributed by atoms with Crippen LogP contribution in [0.4, 0.5) is 17.1 Å². The third-order valence-corrected chi connectivity index (χ3v) is 6.63. The number of hydrogen-bond donors (Lipinski definition) is 1. The Morgan fingerprint density at radius 2 is 1.51 bits per heavy atom. The van der Waals surface area contributed by atoms with E-state index in [9.17, 15) is 23.3 Å². The van der Waals surface area contributed by atoms with Crippen LogP contribution < -0.4 is 9.62 Å². The van der Waals surface area contributed by atoms with E-state index in [-0.39, 0.29) is 11.6 Å². The van der Waals surface area contributed by atoms with Crippen molar-refractivity contribution in [3.63, 3.8) is 0 Å². The lowest BCUT2D eigenvalue weighted by Gasteiger charge is -2.35. The zero-order valence-corrected chi connectivity index (χ0v) is 19.6. The van der Waals surface area contributed by atoms with Gasteiger partial charge in [0.05, 0.1) is 10.3 Å². The zero-order valence-electron chi connectivity index (χ0n) is 18.8. The van der Waals surface area contributed by atoms with Crippen molar-refractivity contribution < 1.29 is 18.1 Å². The minimum Gasteiger partial charge on any atom is -0.362 e. The molecule has 1 aliphatic heterocycles. The predicted molar refractivity (Wildman–Crippen MR) is 136 cm³/mol. The average Bonchev–Trinajstić information content (AvgIpc) is 2.88. The Kier molecular flexibility index (Phi) is 7.11. The molecule has 4 rings (SSSR count). The summed E-state index contributed by atoms with van der Waals surface area (Å²) >= 11 is 0. The van der Waals surface area contributed by atoms with Crippen LogP contribution in [-0.4, -0.2) is 50.3 Å². The molecule has 180 valence electrons. The van der Waals surface area contributed by atoms with Crippen LogP contribution >= 0.6 is 0 Å². The van der Waals surface area contributed by atoms with Crippen molar-refractivity contribution in [2.45, 2.75) is 0 Å². The smallest absolute Gasteiger partial charge is 0.292 e. The topological polar surface area (TPSA) is 113 Å². The number of benzene rings is 3. The highest BCUT2D eigenvalue weighted by Crippen LogP contribution is 2.28. The van der Waals surface area contributed by atoms with Crippen LogP contribution in [0, 0.1) is 10.1 Å². The average molecular weight is 493 g/mol. The molecule has 0 aliphatic carbocycles. The van der Waals surface area contributed by atoms with Gasteiger partial charge < -0.3 is 9.80 Å². The standard InChI is InChI=1S/C25H24N4O5S/c30-25(28-17-15-27(16-18-28)23-8-4-5-9-24(23)29(31)32)21-10-12-22(13-11-21)26-35(33,34)19-14-20-6-2-1-3-7-20/h1-14,19,26H,15-18H2/b19-14+. The number of nitro benzene ring substituents is 1. The normalized spacial score (nSPS) is 14.2. The van der Waals surface area contributed by atoms with E-state index < -0.39 is 14.9 Å². The highest BCUT2D eigenvalue weighted by atomic mass is 32.2. The van der Waals surface area contributed by atoms with Crippen molar-refractivity contribution in [3.05, 3.63) is 106 Å². The van der Waals surface area contributed by atoms with Crippen molar-refractivity contribution >= 4 is 39.1 Å². The van der Waals surface area contributed by atoms with E-state index in [1.165, 1.54) is 12.1 Å². The van der Waals surface area contributed by atoms with Gasteiger partial charge in [0.2, 0.25) is 0 Å². The number of nitrogens with one attached hydrogen (secondary N) is 1. The Hall–Kier alpha value is -4.18. The number of amides is 1. The number of nitro groups is 1. The Bertz CT molecular complexity index is 1330. The SMILES string of the molecule is O=C(c1ccc(NS(=O)(=O)/C=C/c2ccccc2)cc1)N1CCN(c2ccccc2[N+](=O)[O-])CC1. The molecule has 0 aromatic heterocycles. The van der Waals surface area contributed by atoms with Crippen LogP contribution in [0.25, 0.3) is 6.08 Å². The number of piperazine rings is 1. The molecule has 1 aliphatic rings. The van der Waals surface area contributed by atoms with E-state index in [0.29, 0.717) is 43.1 Å². The number of hydrogen-bond acceptors (Lipinski definition) is 6. The van der Waals surface area contributed by atoms with Crippen molar-refractivity contribution in [2.75, 3.05) is 35.8 Å². The quantitative estimate of drug-likeness (QED) is 0.394. The summed E-state index contributed by atoms with van der Waals surface area (Å²) in [5.41, 5.74) is 2.14. The molecular weight excluding hydrogens is 468 g/mol. The van der Waals surface area contributed by atoms with Gasteiger partial charge in [-0.05, 0) is 42.0 Å². The minimum atomic E-state index is -3.71. The van der Waals surface area contributed by atoms with Gasteiger partial charge in [0.25, 0.3) is 21.6 Å². The number of para-hydroxylation sites is 2. The summed E-state index contributed by atoms with van der Waals surface area (Å²) in [6.45, 7) is 1.79. The van der Waals surface area contributed by atoms with Crippen LogP contribution in [0.15, 0.2) is 84.3 Å². The second-order valence-corrected chi connectivity index (χ2v) is 9.53. The highest BCUT2D eigenvalue weighted by molar-refractivity contribution is 7.95. The first-order valence-corrected chi connectivity index (χ1v) is 12.5. The molecule has 0 radical (unpaired) electrons. The third-order valence-electron chi connectivity index (χ3n) is 5.62. The lowest BCUT2D eigenvalue weighted by Crippen LogP contribution is -2.48. The Morgan fingerprint density at radius 1 is 0.886 bits per heavy atom. The first-order valence-electron chi connectivity index (χ1n) is 11.0. The van der Waals surface area contributed by atoms with Crippen LogP contribution in [0.5, 0.6) is 0 Å². The lowest BCUT2D eigenvalue weighted by molar-refractivity contribution is -0.384. The number of carbonyl (C=O) groups is 1. The van der Waals surface area contributed by atoms with E-state index in [1.807, 2.05) is 23.1 Å². The van der Waals surface area contributed by atoms with Crippen molar-refractivity contribution in [1.82, 2.24) is 4.90 Å². The molecule has 9 nitrogen and oxygen atoms in total. The van der Waals surface area contributed by atoms with Gasteiger partial charge in [0, 0.05) is 43.5 Å². The largest absolute Gasteiger partial charge is 0.362 e. The number of sulfonamides is 1. The maximum absolute atomic E-state index is 12.9. The summed E-state index contributed by atoms with van der Waals surface area (Å²) in [4.78, 5) is 27.4. The van der Waals surface area contributed by atoms with Crippen LogP contribution in [-0.2, 0) is 10.0 Å². The van der Waals surface area contributed by atoms with Gasteiger partial charge in [-0.3, -0.25) is 19.6 Å². The van der Waals surface area contributed by atoms with Gasteiger partial charge in [-0.2, -0.15) is 0 Å². The second kappa shape index (κ2) is 10.4. The molecule has 1 amide bonds. The van der Waals surface area contributed by atoms with E-state index in [4.69, 9.17) is 0 Å². The first kappa shape index (κ1) is 24.0. The zero-order chi connectivity index (χ0) is 24.8. The molecule has 35 heavy (non-hydrogen) atoms. The molecular formula is C25H24N4O5S. The molecule has 0 spiro atoms. The van der Waals surface area contributed by atoms with Gasteiger partial charge in [-0.1, -0.05) is 42.5 Å². The number of nitrogens with zero attached hydrogens (tertiary/aromatic N) is 3. The summed E-state index contributed by atoms with van der Waals surface area (Å²) in [7, 11) is -3.71. The second-order valence-electron chi connectivity index (χ2n) is 7.96.